The molecule has 1 aliphatic heterocycles. The number of fused-ring (bicyclic) bond motifs is 2. The molecule has 3 aromatic rings. The molecule has 0 atom stereocenters. The third-order valence-electron chi connectivity index (χ3n) is 4.64. The zero-order valence-corrected chi connectivity index (χ0v) is 18.1. The van der Waals surface area contributed by atoms with Crippen molar-refractivity contribution in [3.05, 3.63) is 57.6 Å². The molecule has 1 aromatic heterocycles. The third-order valence-corrected chi connectivity index (χ3v) is 6.42. The number of hydrogen-bond donors (Lipinski definition) is 0. The first-order chi connectivity index (χ1) is 14.4. The van der Waals surface area contributed by atoms with Gasteiger partial charge in [0.2, 0.25) is 5.91 Å². The second kappa shape index (κ2) is 8.31. The Morgan fingerprint density at radius 1 is 1.13 bits per heavy atom. The van der Waals surface area contributed by atoms with Crippen LogP contribution in [0.1, 0.15) is 20.7 Å². The van der Waals surface area contributed by atoms with Crippen LogP contribution in [-0.4, -0.2) is 54.4 Å². The summed E-state index contributed by atoms with van der Waals surface area (Å²) >= 11 is 13.3. The molecule has 0 fully saturated rings. The number of amides is 3. The van der Waals surface area contributed by atoms with E-state index >= 15 is 0 Å². The van der Waals surface area contributed by atoms with E-state index in [1.807, 2.05) is 24.3 Å². The van der Waals surface area contributed by atoms with Crippen molar-refractivity contribution in [2.45, 2.75) is 0 Å². The van der Waals surface area contributed by atoms with Crippen LogP contribution in [0.15, 0.2) is 36.4 Å². The number of thiazole rings is 1. The highest BCUT2D eigenvalue weighted by molar-refractivity contribution is 7.22. The Bertz CT molecular complexity index is 1110. The first-order valence-electron chi connectivity index (χ1n) is 8.91. The smallest absolute Gasteiger partial charge is 0.262 e. The van der Waals surface area contributed by atoms with Crippen LogP contribution in [0.2, 0.25) is 10.0 Å². The number of nitrogens with zero attached hydrogens (tertiary/aromatic N) is 3. The lowest BCUT2D eigenvalue weighted by Crippen LogP contribution is -2.44. The zero-order chi connectivity index (χ0) is 21.4. The van der Waals surface area contributed by atoms with Gasteiger partial charge in [-0.2, -0.15) is 0 Å². The Labute approximate surface area is 185 Å². The minimum Gasteiger partial charge on any atom is -0.383 e. The summed E-state index contributed by atoms with van der Waals surface area (Å²) in [7, 11) is 1.53. The summed E-state index contributed by atoms with van der Waals surface area (Å²) in [5.74, 6) is -1.62. The Morgan fingerprint density at radius 2 is 1.77 bits per heavy atom. The molecular formula is C20H15Cl2N3O4S. The molecule has 10 heteroatoms. The van der Waals surface area contributed by atoms with Crippen molar-refractivity contribution in [1.29, 1.82) is 0 Å². The van der Waals surface area contributed by atoms with Gasteiger partial charge in [0.25, 0.3) is 11.8 Å². The monoisotopic (exact) mass is 463 g/mol. The lowest BCUT2D eigenvalue weighted by molar-refractivity contribution is -0.119. The molecule has 2 heterocycles. The lowest BCUT2D eigenvalue weighted by atomic mass is 10.1. The van der Waals surface area contributed by atoms with E-state index in [9.17, 15) is 14.4 Å². The third kappa shape index (κ3) is 3.67. The van der Waals surface area contributed by atoms with Gasteiger partial charge in [-0.3, -0.25) is 24.2 Å². The predicted molar refractivity (Wildman–Crippen MR) is 116 cm³/mol. The summed E-state index contributed by atoms with van der Waals surface area (Å²) in [6.45, 7) is 0.0756. The van der Waals surface area contributed by atoms with Crippen LogP contribution in [0.4, 0.5) is 5.13 Å². The quantitative estimate of drug-likeness (QED) is 0.518. The normalized spacial score (nSPS) is 13.2. The average molecular weight is 464 g/mol. The maximum atomic E-state index is 13.1. The van der Waals surface area contributed by atoms with Crippen molar-refractivity contribution >= 4 is 67.6 Å². The largest absolute Gasteiger partial charge is 0.383 e. The van der Waals surface area contributed by atoms with Gasteiger partial charge in [-0.25, -0.2) is 4.98 Å². The second-order valence-corrected chi connectivity index (χ2v) is 8.33. The fourth-order valence-electron chi connectivity index (χ4n) is 3.13. The molecule has 0 unspecified atom stereocenters. The number of carbonyl (C=O) groups is 3. The maximum absolute atomic E-state index is 13.1. The SMILES string of the molecule is COCCN(C(=O)CN1C(=O)c2cc(Cl)c(Cl)cc2C1=O)c1nc2ccccc2s1. The van der Waals surface area contributed by atoms with Gasteiger partial charge < -0.3 is 4.74 Å². The first kappa shape index (κ1) is 20.7. The molecule has 3 amide bonds. The number of carbonyl (C=O) groups excluding carboxylic acids is 3. The first-order valence-corrected chi connectivity index (χ1v) is 10.5. The number of methoxy groups -OCH3 is 1. The molecule has 0 saturated heterocycles. The molecule has 7 nitrogen and oxygen atoms in total. The van der Waals surface area contributed by atoms with Gasteiger partial charge >= 0.3 is 0 Å². The molecular weight excluding hydrogens is 449 g/mol. The van der Waals surface area contributed by atoms with Crippen molar-refractivity contribution in [2.24, 2.45) is 0 Å². The summed E-state index contributed by atoms with van der Waals surface area (Å²) in [5, 5.41) is 0.808. The van der Waals surface area contributed by atoms with Gasteiger partial charge in [0.1, 0.15) is 6.54 Å². The number of rotatable bonds is 6. The summed E-state index contributed by atoms with van der Waals surface area (Å²) < 4.78 is 6.04. The van der Waals surface area contributed by atoms with Gasteiger partial charge in [0, 0.05) is 7.11 Å². The summed E-state index contributed by atoms with van der Waals surface area (Å²) in [5.41, 5.74) is 1.02. The molecule has 0 bridgehead atoms. The van der Waals surface area contributed by atoms with Crippen molar-refractivity contribution in [1.82, 2.24) is 9.88 Å². The standard InChI is InChI=1S/C20H15Cl2N3O4S/c1-29-7-6-24(20-23-15-4-2-3-5-16(15)30-20)17(26)10-25-18(27)11-8-13(21)14(22)9-12(11)19(25)28/h2-5,8-9H,6-7,10H2,1H3. The summed E-state index contributed by atoms with van der Waals surface area (Å²) in [6.07, 6.45) is 0. The highest BCUT2D eigenvalue weighted by Gasteiger charge is 2.38. The van der Waals surface area contributed by atoms with E-state index in [2.05, 4.69) is 4.98 Å². The second-order valence-electron chi connectivity index (χ2n) is 6.51. The molecule has 30 heavy (non-hydrogen) atoms. The van der Waals surface area contributed by atoms with Gasteiger partial charge in [-0.05, 0) is 24.3 Å². The number of para-hydroxylation sites is 1. The number of imide groups is 1. The van der Waals surface area contributed by atoms with Crippen LogP contribution in [0, 0.1) is 0 Å². The van der Waals surface area contributed by atoms with E-state index in [4.69, 9.17) is 27.9 Å². The molecule has 0 radical (unpaired) electrons. The van der Waals surface area contributed by atoms with E-state index < -0.39 is 24.3 Å². The molecule has 0 aliphatic carbocycles. The van der Waals surface area contributed by atoms with E-state index in [1.54, 1.807) is 0 Å². The van der Waals surface area contributed by atoms with Crippen molar-refractivity contribution < 1.29 is 19.1 Å². The number of anilines is 1. The van der Waals surface area contributed by atoms with Crippen LogP contribution in [-0.2, 0) is 9.53 Å². The van der Waals surface area contributed by atoms with Crippen molar-refractivity contribution in [2.75, 3.05) is 31.7 Å². The van der Waals surface area contributed by atoms with Crippen LogP contribution in [0.3, 0.4) is 0 Å². The van der Waals surface area contributed by atoms with Gasteiger partial charge in [0.05, 0.1) is 44.5 Å². The lowest BCUT2D eigenvalue weighted by Gasteiger charge is -2.22. The predicted octanol–water partition coefficient (Wildman–Crippen LogP) is 3.88. The fourth-order valence-corrected chi connectivity index (χ4v) is 4.47. The highest BCUT2D eigenvalue weighted by Crippen LogP contribution is 2.32. The fraction of sp³-hybridized carbons (Fsp3) is 0.200. The number of hydrogen-bond acceptors (Lipinski definition) is 6. The Hall–Kier alpha value is -2.52. The van der Waals surface area contributed by atoms with Crippen LogP contribution < -0.4 is 4.90 Å². The van der Waals surface area contributed by atoms with Crippen molar-refractivity contribution in [3.8, 4) is 0 Å². The average Bonchev–Trinajstić information content (AvgIpc) is 3.24. The topological polar surface area (TPSA) is 79.8 Å². The van der Waals surface area contributed by atoms with E-state index in [0.717, 1.165) is 15.1 Å². The van der Waals surface area contributed by atoms with Crippen LogP contribution in [0.25, 0.3) is 10.2 Å². The minimum absolute atomic E-state index is 0.130. The molecule has 2 aromatic carbocycles. The molecule has 0 N–H and O–H groups in total. The number of benzene rings is 2. The number of aromatic nitrogens is 1. The molecule has 1 aliphatic rings. The van der Waals surface area contributed by atoms with Gasteiger partial charge in [-0.15, -0.1) is 0 Å². The number of halogens is 2. The summed E-state index contributed by atoms with van der Waals surface area (Å²) in [6, 6.07) is 10.2. The summed E-state index contributed by atoms with van der Waals surface area (Å²) in [4.78, 5) is 45.4. The van der Waals surface area contributed by atoms with Crippen LogP contribution in [0.5, 0.6) is 0 Å². The Morgan fingerprint density at radius 3 is 2.37 bits per heavy atom. The van der Waals surface area contributed by atoms with Crippen molar-refractivity contribution in [3.63, 3.8) is 0 Å². The molecule has 154 valence electrons. The Kier molecular flexibility index (Phi) is 5.75. The van der Waals surface area contributed by atoms with Gasteiger partial charge in [-0.1, -0.05) is 46.7 Å². The van der Waals surface area contributed by atoms with Crippen LogP contribution >= 0.6 is 34.5 Å². The molecule has 0 spiro atoms. The Balaban J connectivity index is 1.61. The van der Waals surface area contributed by atoms with E-state index in [-0.39, 0.29) is 34.3 Å². The maximum Gasteiger partial charge on any atom is 0.262 e. The highest BCUT2D eigenvalue weighted by atomic mass is 35.5. The zero-order valence-electron chi connectivity index (χ0n) is 15.7. The number of ether oxygens (including phenoxy) is 1. The molecule has 4 rings (SSSR count). The molecule has 0 saturated carbocycles. The van der Waals surface area contributed by atoms with Gasteiger partial charge in [0.15, 0.2) is 5.13 Å². The van der Waals surface area contributed by atoms with E-state index in [0.29, 0.717) is 5.13 Å². The minimum atomic E-state index is -0.585. The van der Waals surface area contributed by atoms with E-state index in [1.165, 1.54) is 35.5 Å².